The number of benzene rings is 1. The lowest BCUT2D eigenvalue weighted by Gasteiger charge is -2.05. The number of hydrogen-bond acceptors (Lipinski definition) is 3. The van der Waals surface area contributed by atoms with Crippen LogP contribution in [0.3, 0.4) is 0 Å². The molecule has 1 aromatic rings. The highest BCUT2D eigenvalue weighted by molar-refractivity contribution is 7.84. The van der Waals surface area contributed by atoms with E-state index < -0.39 is 16.8 Å². The summed E-state index contributed by atoms with van der Waals surface area (Å²) in [6, 6.07) is 6.18. The van der Waals surface area contributed by atoms with Crippen LogP contribution in [0.4, 0.5) is 0 Å². The minimum atomic E-state index is -0.958. The van der Waals surface area contributed by atoms with Gasteiger partial charge in [0.15, 0.2) is 0 Å². The van der Waals surface area contributed by atoms with Crippen molar-refractivity contribution >= 4 is 16.8 Å². The molecule has 0 aromatic heterocycles. The minimum absolute atomic E-state index is 0.229. The Morgan fingerprint density at radius 3 is 2.47 bits per heavy atom. The molecule has 1 atom stereocenters. The number of carbonyl (C=O) groups is 1. The van der Waals surface area contributed by atoms with E-state index in [-0.39, 0.29) is 5.56 Å². The van der Waals surface area contributed by atoms with Gasteiger partial charge in [0.2, 0.25) is 0 Å². The van der Waals surface area contributed by atoms with Gasteiger partial charge in [0.1, 0.15) is 5.75 Å². The topological polar surface area (TPSA) is 63.6 Å². The van der Waals surface area contributed by atoms with Crippen molar-refractivity contribution in [1.82, 2.24) is 0 Å². The normalized spacial score (nSPS) is 12.1. The molecule has 0 heterocycles. The Morgan fingerprint density at radius 1 is 1.29 bits per heavy atom. The second-order valence-corrected chi connectivity index (χ2v) is 5.22. The average molecular weight is 256 g/mol. The van der Waals surface area contributed by atoms with E-state index in [1.807, 2.05) is 6.92 Å². The van der Waals surface area contributed by atoms with Gasteiger partial charge in [-0.3, -0.25) is 4.21 Å². The van der Waals surface area contributed by atoms with Gasteiger partial charge in [-0.25, -0.2) is 4.79 Å². The molecule has 0 bridgehead atoms. The van der Waals surface area contributed by atoms with E-state index in [1.54, 1.807) is 12.1 Å². The van der Waals surface area contributed by atoms with Crippen molar-refractivity contribution < 1.29 is 18.8 Å². The maximum absolute atomic E-state index is 11.3. The molecule has 0 aliphatic heterocycles. The molecule has 0 spiro atoms. The molecule has 4 nitrogen and oxygen atoms in total. The van der Waals surface area contributed by atoms with Crippen LogP contribution in [0, 0.1) is 0 Å². The van der Waals surface area contributed by atoms with Crippen molar-refractivity contribution in [3.63, 3.8) is 0 Å². The summed E-state index contributed by atoms with van der Waals surface area (Å²) in [6.07, 6.45) is 0.903. The Labute approximate surface area is 103 Å². The Morgan fingerprint density at radius 2 is 1.94 bits per heavy atom. The molecule has 0 saturated heterocycles. The van der Waals surface area contributed by atoms with Crippen molar-refractivity contribution in [3.05, 3.63) is 29.8 Å². The summed E-state index contributed by atoms with van der Waals surface area (Å²) in [5, 5.41) is 8.70. The molecule has 1 rings (SSSR count). The Bertz CT molecular complexity index is 386. The van der Waals surface area contributed by atoms with E-state index >= 15 is 0 Å². The van der Waals surface area contributed by atoms with Crippen LogP contribution < -0.4 is 4.74 Å². The number of hydrogen-bond donors (Lipinski definition) is 1. The Kier molecular flexibility index (Phi) is 5.69. The third-order valence-corrected chi connectivity index (χ3v) is 3.60. The molecular weight excluding hydrogens is 240 g/mol. The average Bonchev–Trinajstić information content (AvgIpc) is 2.30. The van der Waals surface area contributed by atoms with Crippen molar-refractivity contribution in [3.8, 4) is 5.75 Å². The monoisotopic (exact) mass is 256 g/mol. The molecular formula is C12H16O4S. The summed E-state index contributed by atoms with van der Waals surface area (Å²) < 4.78 is 16.7. The largest absolute Gasteiger partial charge is 0.493 e. The summed E-state index contributed by atoms with van der Waals surface area (Å²) in [7, 11) is -0.825. The van der Waals surface area contributed by atoms with Gasteiger partial charge in [-0.2, -0.15) is 0 Å². The molecule has 0 saturated carbocycles. The molecule has 0 fully saturated rings. The predicted molar refractivity (Wildman–Crippen MR) is 67.1 cm³/mol. The number of carboxylic acids is 1. The third-order valence-electron chi connectivity index (χ3n) is 2.11. The highest BCUT2D eigenvalue weighted by atomic mass is 32.2. The lowest BCUT2D eigenvalue weighted by Crippen LogP contribution is -2.10. The highest BCUT2D eigenvalue weighted by Crippen LogP contribution is 2.12. The van der Waals surface area contributed by atoms with Crippen LogP contribution in [-0.2, 0) is 10.8 Å². The second kappa shape index (κ2) is 7.06. The first kappa shape index (κ1) is 13.7. The quantitative estimate of drug-likeness (QED) is 0.809. The van der Waals surface area contributed by atoms with Crippen molar-refractivity contribution in [2.24, 2.45) is 0 Å². The molecule has 0 radical (unpaired) electrons. The molecule has 0 aliphatic rings. The van der Waals surface area contributed by atoms with Gasteiger partial charge in [0.25, 0.3) is 0 Å². The Balaban J connectivity index is 2.37. The maximum Gasteiger partial charge on any atom is 0.335 e. The van der Waals surface area contributed by atoms with Crippen LogP contribution in [-0.4, -0.2) is 33.4 Å². The minimum Gasteiger partial charge on any atom is -0.493 e. The van der Waals surface area contributed by atoms with Gasteiger partial charge >= 0.3 is 5.97 Å². The Hall–Kier alpha value is -1.36. The fourth-order valence-corrected chi connectivity index (χ4v) is 2.20. The molecule has 17 heavy (non-hydrogen) atoms. The van der Waals surface area contributed by atoms with Gasteiger partial charge in [0.05, 0.1) is 17.9 Å². The van der Waals surface area contributed by atoms with Gasteiger partial charge in [0, 0.05) is 16.6 Å². The van der Waals surface area contributed by atoms with Crippen LogP contribution in [0.5, 0.6) is 5.75 Å². The van der Waals surface area contributed by atoms with Gasteiger partial charge in [-0.1, -0.05) is 6.92 Å². The van der Waals surface area contributed by atoms with Crippen LogP contribution in [0.2, 0.25) is 0 Å². The maximum atomic E-state index is 11.3. The van der Waals surface area contributed by atoms with E-state index in [9.17, 15) is 9.00 Å². The van der Waals surface area contributed by atoms with Gasteiger partial charge < -0.3 is 9.84 Å². The van der Waals surface area contributed by atoms with Gasteiger partial charge in [-0.05, 0) is 30.7 Å². The standard InChI is InChI=1S/C12H16O4S/c1-2-8-17(15)9-7-16-11-5-3-10(4-6-11)12(13)14/h3-6H,2,7-9H2,1H3,(H,13,14). The molecule has 1 aromatic carbocycles. The number of rotatable bonds is 7. The third kappa shape index (κ3) is 4.99. The zero-order chi connectivity index (χ0) is 12.7. The zero-order valence-corrected chi connectivity index (χ0v) is 10.5. The van der Waals surface area contributed by atoms with E-state index in [1.165, 1.54) is 12.1 Å². The molecule has 0 amide bonds. The predicted octanol–water partition coefficient (Wildman–Crippen LogP) is 1.92. The first-order chi connectivity index (χ1) is 8.13. The van der Waals surface area contributed by atoms with E-state index in [4.69, 9.17) is 9.84 Å². The highest BCUT2D eigenvalue weighted by Gasteiger charge is 2.03. The lowest BCUT2D eigenvalue weighted by molar-refractivity contribution is 0.0697. The van der Waals surface area contributed by atoms with Crippen LogP contribution in [0.15, 0.2) is 24.3 Å². The molecule has 1 unspecified atom stereocenters. The van der Waals surface area contributed by atoms with Crippen LogP contribution >= 0.6 is 0 Å². The van der Waals surface area contributed by atoms with Gasteiger partial charge in [-0.15, -0.1) is 0 Å². The van der Waals surface area contributed by atoms with Crippen LogP contribution in [0.25, 0.3) is 0 Å². The van der Waals surface area contributed by atoms with E-state index in [2.05, 4.69) is 0 Å². The summed E-state index contributed by atoms with van der Waals surface area (Å²) in [5.74, 6) is 0.847. The second-order valence-electron chi connectivity index (χ2n) is 3.53. The molecule has 0 aliphatic carbocycles. The van der Waals surface area contributed by atoms with Crippen molar-refractivity contribution in [2.75, 3.05) is 18.1 Å². The van der Waals surface area contributed by atoms with E-state index in [0.29, 0.717) is 23.9 Å². The fourth-order valence-electron chi connectivity index (χ4n) is 1.28. The van der Waals surface area contributed by atoms with Crippen molar-refractivity contribution in [1.29, 1.82) is 0 Å². The van der Waals surface area contributed by atoms with E-state index in [0.717, 1.165) is 6.42 Å². The van der Waals surface area contributed by atoms with Crippen LogP contribution in [0.1, 0.15) is 23.7 Å². The number of carboxylic acid groups (broad SMARTS) is 1. The molecule has 5 heteroatoms. The molecule has 1 N–H and O–H groups in total. The lowest BCUT2D eigenvalue weighted by atomic mass is 10.2. The smallest absolute Gasteiger partial charge is 0.335 e. The SMILES string of the molecule is CCCS(=O)CCOc1ccc(C(=O)O)cc1. The number of ether oxygens (including phenoxy) is 1. The zero-order valence-electron chi connectivity index (χ0n) is 9.72. The van der Waals surface area contributed by atoms with Crippen molar-refractivity contribution in [2.45, 2.75) is 13.3 Å². The summed E-state index contributed by atoms with van der Waals surface area (Å²) in [4.78, 5) is 10.6. The summed E-state index contributed by atoms with van der Waals surface area (Å²) >= 11 is 0. The first-order valence-corrected chi connectivity index (χ1v) is 6.93. The molecule has 94 valence electrons. The summed E-state index contributed by atoms with van der Waals surface area (Å²) in [6.45, 7) is 2.38. The first-order valence-electron chi connectivity index (χ1n) is 5.44. The summed E-state index contributed by atoms with van der Waals surface area (Å²) in [5.41, 5.74) is 0.229. The number of aromatic carboxylic acids is 1. The fraction of sp³-hybridized carbons (Fsp3) is 0.417.